The highest BCUT2D eigenvalue weighted by atomic mass is 31.2. The predicted octanol–water partition coefficient (Wildman–Crippen LogP) is 4.81. The van der Waals surface area contributed by atoms with Crippen LogP contribution in [0.25, 0.3) is 0 Å². The molecule has 3 aromatic rings. The molecule has 40 heavy (non-hydrogen) atoms. The average molecular weight is 566 g/mol. The molecule has 0 radical (unpaired) electrons. The summed E-state index contributed by atoms with van der Waals surface area (Å²) < 4.78 is 32.1. The monoisotopic (exact) mass is 565 g/mol. The second-order valence-corrected chi connectivity index (χ2v) is 12.7. The molecule has 0 bridgehead atoms. The van der Waals surface area contributed by atoms with E-state index in [0.29, 0.717) is 10.6 Å². The van der Waals surface area contributed by atoms with Crippen LogP contribution in [0.1, 0.15) is 33.3 Å². The topological polar surface area (TPSA) is 108 Å². The molecule has 0 aliphatic rings. The molecule has 0 saturated carbocycles. The first-order chi connectivity index (χ1) is 19.1. The zero-order valence-corrected chi connectivity index (χ0v) is 24.1. The Morgan fingerprint density at radius 2 is 1.23 bits per heavy atom. The molecule has 1 amide bonds. The van der Waals surface area contributed by atoms with Gasteiger partial charge in [-0.1, -0.05) is 105 Å². The summed E-state index contributed by atoms with van der Waals surface area (Å²) in [7, 11) is -3.52. The van der Waals surface area contributed by atoms with E-state index in [1.807, 2.05) is 56.3 Å². The highest BCUT2D eigenvalue weighted by molar-refractivity contribution is 7.79. The van der Waals surface area contributed by atoms with Crippen molar-refractivity contribution in [2.75, 3.05) is 6.61 Å². The third-order valence-corrected chi connectivity index (χ3v) is 10.2. The summed E-state index contributed by atoms with van der Waals surface area (Å²) in [5, 5.41) is 3.80. The molecule has 0 fully saturated rings. The Kier molecular flexibility index (Phi) is 11.1. The number of benzene rings is 3. The van der Waals surface area contributed by atoms with Gasteiger partial charge >= 0.3 is 18.0 Å². The van der Waals surface area contributed by atoms with Gasteiger partial charge in [-0.3, -0.25) is 9.59 Å². The first kappa shape index (κ1) is 30.6. The molecule has 9 heteroatoms. The van der Waals surface area contributed by atoms with E-state index < -0.39 is 49.6 Å². The van der Waals surface area contributed by atoms with Crippen molar-refractivity contribution in [3.05, 3.63) is 96.6 Å². The second-order valence-electron chi connectivity index (χ2n) is 9.72. The number of rotatable bonds is 12. The summed E-state index contributed by atoms with van der Waals surface area (Å²) >= 11 is 0. The van der Waals surface area contributed by atoms with Crippen molar-refractivity contribution in [3.8, 4) is 0 Å². The van der Waals surface area contributed by atoms with Crippen LogP contribution < -0.4 is 15.9 Å². The maximum absolute atomic E-state index is 15.3. The molecular weight excluding hydrogens is 529 g/mol. The van der Waals surface area contributed by atoms with Crippen LogP contribution in [0.2, 0.25) is 0 Å². The summed E-state index contributed by atoms with van der Waals surface area (Å²) in [6.07, 6.45) is -3.13. The van der Waals surface area contributed by atoms with Crippen molar-refractivity contribution in [2.45, 2.75) is 52.1 Å². The number of hydrogen-bond acceptors (Lipinski definition) is 7. The SMILES string of the molecule is CC(=O)O[C@@H]([C@@H](C(C)C)P(=O)(c1ccccc1)c1ccccc1)[C@@H](COC(=O)NCc1ccccc1)OC(C)=O. The minimum absolute atomic E-state index is 0.233. The van der Waals surface area contributed by atoms with Gasteiger partial charge in [0.05, 0.1) is 5.66 Å². The Morgan fingerprint density at radius 3 is 1.68 bits per heavy atom. The molecule has 0 unspecified atom stereocenters. The van der Waals surface area contributed by atoms with E-state index >= 15 is 4.57 Å². The number of carbonyl (C=O) groups is 3. The summed E-state index contributed by atoms with van der Waals surface area (Å²) in [6.45, 7) is 6.02. The first-order valence-corrected chi connectivity index (χ1v) is 14.9. The fourth-order valence-corrected chi connectivity index (χ4v) is 8.47. The maximum Gasteiger partial charge on any atom is 0.407 e. The van der Waals surface area contributed by atoms with Crippen molar-refractivity contribution in [3.63, 3.8) is 0 Å². The Bertz CT molecular complexity index is 1260. The zero-order valence-electron chi connectivity index (χ0n) is 23.2. The van der Waals surface area contributed by atoms with Crippen molar-refractivity contribution >= 4 is 35.8 Å². The van der Waals surface area contributed by atoms with Crippen molar-refractivity contribution < 1.29 is 33.2 Å². The minimum Gasteiger partial charge on any atom is -0.458 e. The van der Waals surface area contributed by atoms with Gasteiger partial charge < -0.3 is 24.1 Å². The van der Waals surface area contributed by atoms with Crippen LogP contribution in [-0.2, 0) is 34.9 Å². The molecule has 1 N–H and O–H groups in total. The van der Waals surface area contributed by atoms with E-state index in [9.17, 15) is 14.4 Å². The normalized spacial score (nSPS) is 13.5. The van der Waals surface area contributed by atoms with Crippen LogP contribution in [0.15, 0.2) is 91.0 Å². The Balaban J connectivity index is 2.00. The Labute approximate surface area is 235 Å². The smallest absolute Gasteiger partial charge is 0.407 e. The number of amides is 1. The lowest BCUT2D eigenvalue weighted by molar-refractivity contribution is -0.169. The van der Waals surface area contributed by atoms with E-state index in [0.717, 1.165) is 5.56 Å². The van der Waals surface area contributed by atoms with E-state index in [2.05, 4.69) is 5.32 Å². The first-order valence-electron chi connectivity index (χ1n) is 13.1. The number of carbonyl (C=O) groups excluding carboxylic acids is 3. The number of alkyl carbamates (subject to hydrolysis) is 1. The summed E-state index contributed by atoms with van der Waals surface area (Å²) in [6, 6.07) is 27.3. The van der Waals surface area contributed by atoms with Gasteiger partial charge in [-0.15, -0.1) is 0 Å². The second kappa shape index (κ2) is 14.5. The average Bonchev–Trinajstić information content (AvgIpc) is 2.94. The fraction of sp³-hybridized carbons (Fsp3) is 0.323. The fourth-order valence-electron chi connectivity index (χ4n) is 4.74. The van der Waals surface area contributed by atoms with Crippen LogP contribution >= 0.6 is 7.14 Å². The molecule has 0 saturated heterocycles. The van der Waals surface area contributed by atoms with E-state index in [1.165, 1.54) is 13.8 Å². The van der Waals surface area contributed by atoms with Crippen LogP contribution in [0, 0.1) is 5.92 Å². The van der Waals surface area contributed by atoms with Crippen LogP contribution in [-0.4, -0.2) is 42.5 Å². The number of nitrogens with one attached hydrogen (secondary N) is 1. The largest absolute Gasteiger partial charge is 0.458 e. The number of esters is 2. The highest BCUT2D eigenvalue weighted by Crippen LogP contribution is 2.54. The Morgan fingerprint density at radius 1 is 0.750 bits per heavy atom. The van der Waals surface area contributed by atoms with E-state index in [1.54, 1.807) is 48.5 Å². The quantitative estimate of drug-likeness (QED) is 0.191. The molecule has 212 valence electrons. The maximum atomic E-state index is 15.3. The molecular formula is C31H36NO7P. The molecule has 0 spiro atoms. The third-order valence-electron chi connectivity index (χ3n) is 6.36. The standard InChI is InChI=1S/C31H36NO7P/c1-22(2)30(40(36,26-16-10-6-11-17-26)27-18-12-7-13-19-27)29(39-24(4)34)28(38-23(3)33)21-37-31(35)32-20-25-14-8-5-9-15-25/h5-19,22,28-30H,20-21H2,1-4H3,(H,32,35)/t28-,29-,30-/m1/s1. The van der Waals surface area contributed by atoms with Gasteiger partial charge in [0.15, 0.2) is 12.2 Å². The highest BCUT2D eigenvalue weighted by Gasteiger charge is 2.49. The lowest BCUT2D eigenvalue weighted by Crippen LogP contribution is -2.50. The molecule has 3 atom stereocenters. The predicted molar refractivity (Wildman–Crippen MR) is 154 cm³/mol. The molecule has 0 heterocycles. The third kappa shape index (κ3) is 8.06. The van der Waals surface area contributed by atoms with Crippen molar-refractivity contribution in [1.29, 1.82) is 0 Å². The van der Waals surface area contributed by atoms with Gasteiger partial charge in [0.25, 0.3) is 0 Å². The number of hydrogen-bond donors (Lipinski definition) is 1. The van der Waals surface area contributed by atoms with Gasteiger partial charge in [-0.25, -0.2) is 4.79 Å². The van der Waals surface area contributed by atoms with Crippen LogP contribution in [0.4, 0.5) is 4.79 Å². The van der Waals surface area contributed by atoms with Gasteiger partial charge in [0.1, 0.15) is 13.7 Å². The minimum atomic E-state index is -3.52. The van der Waals surface area contributed by atoms with Gasteiger partial charge in [0.2, 0.25) is 0 Å². The molecule has 3 rings (SSSR count). The van der Waals surface area contributed by atoms with Gasteiger partial charge in [0, 0.05) is 31.0 Å². The lowest BCUT2D eigenvalue weighted by Gasteiger charge is -2.39. The van der Waals surface area contributed by atoms with Crippen molar-refractivity contribution in [1.82, 2.24) is 5.32 Å². The van der Waals surface area contributed by atoms with E-state index in [4.69, 9.17) is 14.2 Å². The molecule has 0 aromatic heterocycles. The molecule has 0 aliphatic carbocycles. The molecule has 0 aliphatic heterocycles. The van der Waals surface area contributed by atoms with Crippen molar-refractivity contribution in [2.24, 2.45) is 5.92 Å². The summed E-state index contributed by atoms with van der Waals surface area (Å²) in [5.41, 5.74) is 0.0573. The summed E-state index contributed by atoms with van der Waals surface area (Å²) in [5.74, 6) is -1.61. The Hall–Kier alpha value is -3.90. The zero-order chi connectivity index (χ0) is 29.1. The lowest BCUT2D eigenvalue weighted by atomic mass is 10.0. The summed E-state index contributed by atoms with van der Waals surface area (Å²) in [4.78, 5) is 37.1. The molecule has 3 aromatic carbocycles. The van der Waals surface area contributed by atoms with Gasteiger partial charge in [-0.05, 0) is 11.5 Å². The van der Waals surface area contributed by atoms with Crippen LogP contribution in [0.3, 0.4) is 0 Å². The van der Waals surface area contributed by atoms with Crippen LogP contribution in [0.5, 0.6) is 0 Å². The van der Waals surface area contributed by atoms with Gasteiger partial charge in [-0.2, -0.15) is 0 Å². The number of ether oxygens (including phenoxy) is 3. The van der Waals surface area contributed by atoms with E-state index in [-0.39, 0.29) is 12.5 Å². The molecule has 8 nitrogen and oxygen atoms in total.